The summed E-state index contributed by atoms with van der Waals surface area (Å²) in [6.07, 6.45) is 5.61. The van der Waals surface area contributed by atoms with Gasteiger partial charge >= 0.3 is 0 Å². The molecular formula is C29H27N3O3S2. The summed E-state index contributed by atoms with van der Waals surface area (Å²) in [6, 6.07) is 24.0. The maximum absolute atomic E-state index is 13.6. The molecule has 0 saturated heterocycles. The molecule has 37 heavy (non-hydrogen) atoms. The van der Waals surface area contributed by atoms with Crippen molar-refractivity contribution in [3.8, 4) is 0 Å². The lowest BCUT2D eigenvalue weighted by Crippen LogP contribution is -2.39. The van der Waals surface area contributed by atoms with Crippen LogP contribution in [0.25, 0.3) is 10.8 Å². The minimum Gasteiger partial charge on any atom is -0.271 e. The van der Waals surface area contributed by atoms with Gasteiger partial charge in [-0.1, -0.05) is 48.0 Å². The highest BCUT2D eigenvalue weighted by Crippen LogP contribution is 2.32. The van der Waals surface area contributed by atoms with Crippen molar-refractivity contribution < 1.29 is 13.2 Å². The number of carbonyl (C=O) groups excluding carboxylic acids is 1. The van der Waals surface area contributed by atoms with Crippen LogP contribution < -0.4 is 9.73 Å². The maximum atomic E-state index is 13.6. The van der Waals surface area contributed by atoms with Crippen molar-refractivity contribution in [2.24, 2.45) is 5.10 Å². The van der Waals surface area contributed by atoms with Gasteiger partial charge in [-0.2, -0.15) is 5.10 Å². The summed E-state index contributed by atoms with van der Waals surface area (Å²) >= 11 is 1.53. The summed E-state index contributed by atoms with van der Waals surface area (Å²) in [4.78, 5) is 14.0. The smallest absolute Gasteiger partial charge is 0.264 e. The van der Waals surface area contributed by atoms with Crippen LogP contribution in [0.5, 0.6) is 0 Å². The van der Waals surface area contributed by atoms with E-state index in [0.717, 1.165) is 38.6 Å². The molecule has 1 aliphatic carbocycles. The third kappa shape index (κ3) is 5.12. The molecule has 1 aliphatic rings. The van der Waals surface area contributed by atoms with E-state index < -0.39 is 22.5 Å². The first kappa shape index (κ1) is 25.0. The van der Waals surface area contributed by atoms with Gasteiger partial charge in [0.25, 0.3) is 15.9 Å². The summed E-state index contributed by atoms with van der Waals surface area (Å²) < 4.78 is 28.2. The van der Waals surface area contributed by atoms with Crippen LogP contribution in [0.15, 0.2) is 93.8 Å². The van der Waals surface area contributed by atoms with Crippen LogP contribution in [-0.2, 0) is 27.7 Å². The molecular weight excluding hydrogens is 502 g/mol. The van der Waals surface area contributed by atoms with Crippen LogP contribution in [0, 0.1) is 6.92 Å². The van der Waals surface area contributed by atoms with E-state index in [1.54, 1.807) is 42.6 Å². The van der Waals surface area contributed by atoms with Crippen molar-refractivity contribution in [1.29, 1.82) is 0 Å². The lowest BCUT2D eigenvalue weighted by molar-refractivity contribution is -0.119. The zero-order valence-corrected chi connectivity index (χ0v) is 22.3. The van der Waals surface area contributed by atoms with E-state index in [9.17, 15) is 13.2 Å². The number of sulfonamides is 1. The first-order valence-electron chi connectivity index (χ1n) is 12.0. The fraction of sp³-hybridized carbons (Fsp3) is 0.172. The van der Waals surface area contributed by atoms with Crippen molar-refractivity contribution in [1.82, 2.24) is 5.43 Å². The zero-order chi connectivity index (χ0) is 26.0. The molecule has 0 heterocycles. The molecule has 0 saturated carbocycles. The Bertz CT molecular complexity index is 1590. The molecule has 188 valence electrons. The van der Waals surface area contributed by atoms with E-state index in [1.165, 1.54) is 28.3 Å². The second kappa shape index (κ2) is 10.4. The maximum Gasteiger partial charge on any atom is 0.264 e. The fourth-order valence-electron chi connectivity index (χ4n) is 4.62. The molecule has 4 aromatic carbocycles. The number of carbonyl (C=O) groups is 1. The summed E-state index contributed by atoms with van der Waals surface area (Å²) in [5.41, 5.74) is 7.48. The number of hydrazone groups is 1. The van der Waals surface area contributed by atoms with Crippen LogP contribution in [0.4, 0.5) is 5.69 Å². The van der Waals surface area contributed by atoms with Crippen molar-refractivity contribution in [3.05, 3.63) is 101 Å². The van der Waals surface area contributed by atoms with Gasteiger partial charge in [0.2, 0.25) is 0 Å². The van der Waals surface area contributed by atoms with Gasteiger partial charge in [-0.05, 0) is 84.3 Å². The molecule has 0 fully saturated rings. The van der Waals surface area contributed by atoms with Crippen molar-refractivity contribution in [2.45, 2.75) is 29.6 Å². The molecule has 0 atom stereocenters. The van der Waals surface area contributed by atoms with Gasteiger partial charge in [-0.3, -0.25) is 9.10 Å². The van der Waals surface area contributed by atoms with Gasteiger partial charge in [-0.15, -0.1) is 11.8 Å². The van der Waals surface area contributed by atoms with E-state index in [2.05, 4.69) is 28.7 Å². The van der Waals surface area contributed by atoms with Crippen LogP contribution >= 0.6 is 11.8 Å². The lowest BCUT2D eigenvalue weighted by Gasteiger charge is -2.24. The van der Waals surface area contributed by atoms with Gasteiger partial charge in [0.05, 0.1) is 16.8 Å². The van der Waals surface area contributed by atoms with Gasteiger partial charge < -0.3 is 0 Å². The SMILES string of the molecule is CSc1ccc(S(=O)(=O)N(CC(=O)N/N=C/c2ccc3c4c(cccc24)CC3)c2ccc(C)cc2)cc1. The van der Waals surface area contributed by atoms with Crippen molar-refractivity contribution >= 4 is 50.4 Å². The Hall–Kier alpha value is -3.62. The number of amides is 1. The zero-order valence-electron chi connectivity index (χ0n) is 20.6. The summed E-state index contributed by atoms with van der Waals surface area (Å²) in [5.74, 6) is -0.535. The summed E-state index contributed by atoms with van der Waals surface area (Å²) in [7, 11) is -3.98. The number of hydrogen-bond acceptors (Lipinski definition) is 5. The number of thioether (sulfide) groups is 1. The fourth-order valence-corrected chi connectivity index (χ4v) is 6.45. The standard InChI is InChI=1S/C29H27N3O3S2/c1-20-6-12-24(13-7-20)32(37(34,35)26-16-14-25(36-2)15-17-26)19-28(33)31-30-18-23-11-10-22-9-8-21-4-3-5-27(23)29(21)22/h3-7,10-18H,8-9,19H2,1-2H3,(H,31,33)/b30-18+. The van der Waals surface area contributed by atoms with Gasteiger partial charge in [0.1, 0.15) is 6.54 Å². The Morgan fingerprint density at radius 2 is 1.68 bits per heavy atom. The van der Waals surface area contributed by atoms with E-state index in [1.807, 2.05) is 37.4 Å². The molecule has 1 N–H and O–H groups in total. The van der Waals surface area contributed by atoms with Gasteiger partial charge in [-0.25, -0.2) is 13.8 Å². The number of aryl methyl sites for hydroxylation is 3. The van der Waals surface area contributed by atoms with Crippen molar-refractivity contribution in [3.63, 3.8) is 0 Å². The molecule has 5 rings (SSSR count). The Morgan fingerprint density at radius 1 is 0.973 bits per heavy atom. The quantitative estimate of drug-likeness (QED) is 0.191. The average Bonchev–Trinajstić information content (AvgIpc) is 3.34. The molecule has 1 amide bonds. The normalized spacial score (nSPS) is 12.8. The molecule has 6 nitrogen and oxygen atoms in total. The predicted octanol–water partition coefficient (Wildman–Crippen LogP) is 5.31. The number of benzene rings is 4. The van der Waals surface area contributed by atoms with Crippen LogP contribution in [0.1, 0.15) is 22.3 Å². The van der Waals surface area contributed by atoms with E-state index in [0.29, 0.717) is 5.69 Å². The summed E-state index contributed by atoms with van der Waals surface area (Å²) in [6.45, 7) is 1.52. The highest BCUT2D eigenvalue weighted by molar-refractivity contribution is 7.98. The number of nitrogens with zero attached hydrogens (tertiary/aromatic N) is 2. The molecule has 0 unspecified atom stereocenters. The van der Waals surface area contributed by atoms with Crippen LogP contribution in [-0.4, -0.2) is 33.3 Å². The first-order chi connectivity index (χ1) is 17.9. The van der Waals surface area contributed by atoms with E-state index in [-0.39, 0.29) is 4.90 Å². The first-order valence-corrected chi connectivity index (χ1v) is 14.6. The Balaban J connectivity index is 1.38. The highest BCUT2D eigenvalue weighted by Gasteiger charge is 2.27. The Kier molecular flexibility index (Phi) is 7.04. The Labute approximate surface area is 221 Å². The van der Waals surface area contributed by atoms with Crippen molar-refractivity contribution in [2.75, 3.05) is 17.1 Å². The second-order valence-electron chi connectivity index (χ2n) is 8.97. The number of nitrogens with one attached hydrogen (secondary N) is 1. The van der Waals surface area contributed by atoms with Crippen LogP contribution in [0.3, 0.4) is 0 Å². The number of hydrogen-bond donors (Lipinski definition) is 1. The van der Waals surface area contributed by atoms with E-state index in [4.69, 9.17) is 0 Å². The third-order valence-corrected chi connectivity index (χ3v) is 9.09. The van der Waals surface area contributed by atoms with Gasteiger partial charge in [0.15, 0.2) is 0 Å². The lowest BCUT2D eigenvalue weighted by atomic mass is 10.0. The Morgan fingerprint density at radius 3 is 2.38 bits per heavy atom. The van der Waals surface area contributed by atoms with E-state index >= 15 is 0 Å². The highest BCUT2D eigenvalue weighted by atomic mass is 32.2. The second-order valence-corrected chi connectivity index (χ2v) is 11.7. The molecule has 0 aliphatic heterocycles. The molecule has 0 spiro atoms. The average molecular weight is 530 g/mol. The topological polar surface area (TPSA) is 78.8 Å². The predicted molar refractivity (Wildman–Crippen MR) is 151 cm³/mol. The minimum absolute atomic E-state index is 0.120. The number of anilines is 1. The number of rotatable bonds is 8. The van der Waals surface area contributed by atoms with Crippen LogP contribution in [0.2, 0.25) is 0 Å². The molecule has 0 radical (unpaired) electrons. The third-order valence-electron chi connectivity index (χ3n) is 6.56. The monoisotopic (exact) mass is 529 g/mol. The molecule has 4 aromatic rings. The molecule has 0 bridgehead atoms. The molecule has 8 heteroatoms. The summed E-state index contributed by atoms with van der Waals surface area (Å²) in [5, 5.41) is 6.53. The van der Waals surface area contributed by atoms with Gasteiger partial charge in [0, 0.05) is 10.5 Å². The molecule has 0 aromatic heterocycles. The largest absolute Gasteiger partial charge is 0.271 e. The minimum atomic E-state index is -3.98.